The quantitative estimate of drug-likeness (QED) is 0.793. The Morgan fingerprint density at radius 1 is 1.08 bits per heavy atom. The minimum absolute atomic E-state index is 0.0351. The lowest BCUT2D eigenvalue weighted by molar-refractivity contribution is 0.0936. The maximum Gasteiger partial charge on any atom is 0.251 e. The molecule has 1 heterocycles. The summed E-state index contributed by atoms with van der Waals surface area (Å²) in [6, 6.07) is 17.9. The summed E-state index contributed by atoms with van der Waals surface area (Å²) in [6.45, 7) is 1.87. The van der Waals surface area contributed by atoms with Crippen molar-refractivity contribution in [3.63, 3.8) is 0 Å². The van der Waals surface area contributed by atoms with E-state index in [1.54, 1.807) is 6.20 Å². The molecule has 4 heteroatoms. The number of carbonyl (C=O) groups excluding carboxylic acids is 1. The number of hydrogen-bond donors (Lipinski definition) is 1. The fourth-order valence-electron chi connectivity index (χ4n) is 3.36. The molecule has 1 atom stereocenters. The van der Waals surface area contributed by atoms with Gasteiger partial charge in [0.1, 0.15) is 5.82 Å². The van der Waals surface area contributed by atoms with E-state index in [1.807, 2.05) is 43.3 Å². The van der Waals surface area contributed by atoms with E-state index in [0.717, 1.165) is 29.9 Å². The van der Waals surface area contributed by atoms with Gasteiger partial charge in [0, 0.05) is 17.3 Å². The van der Waals surface area contributed by atoms with Crippen LogP contribution in [-0.4, -0.2) is 15.9 Å². The van der Waals surface area contributed by atoms with Gasteiger partial charge in [-0.05, 0) is 49.1 Å². The van der Waals surface area contributed by atoms with Crippen molar-refractivity contribution in [3.8, 4) is 11.3 Å². The lowest BCUT2D eigenvalue weighted by atomic mass is 10.1. The van der Waals surface area contributed by atoms with Crippen LogP contribution in [0.2, 0.25) is 0 Å². The predicted octanol–water partition coefficient (Wildman–Crippen LogP) is 3.87. The first-order valence-electron chi connectivity index (χ1n) is 8.49. The van der Waals surface area contributed by atoms with Gasteiger partial charge in [-0.3, -0.25) is 4.79 Å². The zero-order chi connectivity index (χ0) is 17.2. The average molecular weight is 329 g/mol. The molecule has 0 bridgehead atoms. The Morgan fingerprint density at radius 2 is 1.88 bits per heavy atom. The van der Waals surface area contributed by atoms with Gasteiger partial charge in [-0.1, -0.05) is 36.4 Å². The van der Waals surface area contributed by atoms with Crippen LogP contribution in [0.15, 0.2) is 60.8 Å². The van der Waals surface area contributed by atoms with E-state index in [9.17, 15) is 4.79 Å². The molecule has 3 aromatic rings. The molecule has 0 saturated heterocycles. The van der Waals surface area contributed by atoms with Gasteiger partial charge in [-0.15, -0.1) is 0 Å². The second-order valence-electron chi connectivity index (χ2n) is 6.33. The Labute approximate surface area is 147 Å². The van der Waals surface area contributed by atoms with Crippen LogP contribution < -0.4 is 5.32 Å². The lowest BCUT2D eigenvalue weighted by Gasteiger charge is -2.14. The van der Waals surface area contributed by atoms with E-state index in [-0.39, 0.29) is 11.9 Å². The molecule has 4 rings (SSSR count). The van der Waals surface area contributed by atoms with E-state index >= 15 is 0 Å². The highest BCUT2D eigenvalue weighted by atomic mass is 16.1. The van der Waals surface area contributed by atoms with E-state index in [0.29, 0.717) is 5.56 Å². The van der Waals surface area contributed by atoms with Crippen molar-refractivity contribution in [3.05, 3.63) is 83.3 Å². The average Bonchev–Trinajstić information content (AvgIpc) is 3.05. The van der Waals surface area contributed by atoms with E-state index in [4.69, 9.17) is 0 Å². The number of amides is 1. The van der Waals surface area contributed by atoms with Gasteiger partial charge in [0.2, 0.25) is 0 Å². The number of benzene rings is 2. The first-order chi connectivity index (χ1) is 12.2. The number of hydrogen-bond acceptors (Lipinski definition) is 3. The fraction of sp³-hybridized carbons (Fsp3) is 0.190. The summed E-state index contributed by atoms with van der Waals surface area (Å²) in [5, 5.41) is 3.16. The summed E-state index contributed by atoms with van der Waals surface area (Å²) in [6.07, 6.45) is 3.73. The number of rotatable bonds is 3. The van der Waals surface area contributed by atoms with Crippen LogP contribution in [0, 0.1) is 6.92 Å². The number of aromatic nitrogens is 2. The Hall–Kier alpha value is -3.01. The van der Waals surface area contributed by atoms with E-state index < -0.39 is 0 Å². The summed E-state index contributed by atoms with van der Waals surface area (Å²) in [5.41, 5.74) is 5.09. The molecular formula is C21H19N3O. The van der Waals surface area contributed by atoms with Gasteiger partial charge >= 0.3 is 0 Å². The Balaban J connectivity index is 1.50. The molecule has 0 spiro atoms. The number of nitrogens with one attached hydrogen (secondary N) is 1. The number of fused-ring (bicyclic) bond motifs is 1. The van der Waals surface area contributed by atoms with Gasteiger partial charge in [0.25, 0.3) is 5.91 Å². The molecule has 1 amide bonds. The second-order valence-corrected chi connectivity index (χ2v) is 6.33. The minimum atomic E-state index is -0.0351. The molecule has 1 aliphatic carbocycles. The van der Waals surface area contributed by atoms with Crippen molar-refractivity contribution < 1.29 is 4.79 Å². The molecule has 1 unspecified atom stereocenters. The highest BCUT2D eigenvalue weighted by Gasteiger charge is 2.23. The summed E-state index contributed by atoms with van der Waals surface area (Å²) in [4.78, 5) is 21.1. The SMILES string of the molecule is Cc1nccc(-c2ccc(C(=O)NC3CCc4ccccc43)cc2)n1. The number of aryl methyl sites for hydroxylation is 2. The molecule has 124 valence electrons. The van der Waals surface area contributed by atoms with Crippen molar-refractivity contribution in [2.45, 2.75) is 25.8 Å². The van der Waals surface area contributed by atoms with Crippen LogP contribution >= 0.6 is 0 Å². The molecule has 25 heavy (non-hydrogen) atoms. The monoisotopic (exact) mass is 329 g/mol. The predicted molar refractivity (Wildman–Crippen MR) is 97.2 cm³/mol. The Morgan fingerprint density at radius 3 is 2.68 bits per heavy atom. The standard InChI is InChI=1S/C21H19N3O/c1-14-22-13-12-19(23-14)16-6-8-17(9-7-16)21(25)24-20-11-10-15-4-2-3-5-18(15)20/h2-9,12-13,20H,10-11H2,1H3,(H,24,25). The molecule has 0 saturated carbocycles. The van der Waals surface area contributed by atoms with Gasteiger partial charge in [-0.25, -0.2) is 9.97 Å². The molecule has 1 N–H and O–H groups in total. The van der Waals surface area contributed by atoms with Crippen LogP contribution in [-0.2, 0) is 6.42 Å². The Bertz CT molecular complexity index is 918. The summed E-state index contributed by atoms with van der Waals surface area (Å²) < 4.78 is 0. The molecular weight excluding hydrogens is 310 g/mol. The maximum atomic E-state index is 12.6. The number of carbonyl (C=O) groups is 1. The zero-order valence-corrected chi connectivity index (χ0v) is 14.1. The smallest absolute Gasteiger partial charge is 0.251 e. The minimum Gasteiger partial charge on any atom is -0.345 e. The summed E-state index contributed by atoms with van der Waals surface area (Å²) in [5.74, 6) is 0.700. The van der Waals surface area contributed by atoms with Crippen molar-refractivity contribution in [1.29, 1.82) is 0 Å². The topological polar surface area (TPSA) is 54.9 Å². The van der Waals surface area contributed by atoms with Crippen LogP contribution in [0.4, 0.5) is 0 Å². The van der Waals surface area contributed by atoms with Crippen molar-refractivity contribution >= 4 is 5.91 Å². The first kappa shape index (κ1) is 15.5. The molecule has 0 fully saturated rings. The lowest BCUT2D eigenvalue weighted by Crippen LogP contribution is -2.27. The maximum absolute atomic E-state index is 12.6. The van der Waals surface area contributed by atoms with Gasteiger partial charge < -0.3 is 5.32 Å². The molecule has 1 aromatic heterocycles. The van der Waals surface area contributed by atoms with Crippen molar-refractivity contribution in [2.24, 2.45) is 0 Å². The van der Waals surface area contributed by atoms with Crippen molar-refractivity contribution in [2.75, 3.05) is 0 Å². The van der Waals surface area contributed by atoms with Crippen LogP contribution in [0.3, 0.4) is 0 Å². The van der Waals surface area contributed by atoms with Gasteiger partial charge in [-0.2, -0.15) is 0 Å². The molecule has 4 nitrogen and oxygen atoms in total. The van der Waals surface area contributed by atoms with Crippen LogP contribution in [0.25, 0.3) is 11.3 Å². The van der Waals surface area contributed by atoms with E-state index in [1.165, 1.54) is 11.1 Å². The zero-order valence-electron chi connectivity index (χ0n) is 14.1. The third kappa shape index (κ3) is 3.15. The summed E-state index contributed by atoms with van der Waals surface area (Å²) >= 11 is 0. The normalized spacial score (nSPS) is 15.6. The molecule has 2 aromatic carbocycles. The number of nitrogens with zero attached hydrogens (tertiary/aromatic N) is 2. The fourth-order valence-corrected chi connectivity index (χ4v) is 3.36. The third-order valence-corrected chi connectivity index (χ3v) is 4.66. The van der Waals surface area contributed by atoms with Crippen molar-refractivity contribution in [1.82, 2.24) is 15.3 Å². The highest BCUT2D eigenvalue weighted by molar-refractivity contribution is 5.95. The summed E-state index contributed by atoms with van der Waals surface area (Å²) in [7, 11) is 0. The largest absolute Gasteiger partial charge is 0.345 e. The van der Waals surface area contributed by atoms with E-state index in [2.05, 4.69) is 33.5 Å². The molecule has 1 aliphatic rings. The molecule has 0 radical (unpaired) electrons. The van der Waals surface area contributed by atoms with Gasteiger partial charge in [0.15, 0.2) is 0 Å². The third-order valence-electron chi connectivity index (χ3n) is 4.66. The van der Waals surface area contributed by atoms with Gasteiger partial charge in [0.05, 0.1) is 11.7 Å². The highest BCUT2D eigenvalue weighted by Crippen LogP contribution is 2.31. The van der Waals surface area contributed by atoms with Crippen LogP contribution in [0.1, 0.15) is 39.8 Å². The Kier molecular flexibility index (Phi) is 4.02. The molecule has 0 aliphatic heterocycles. The second kappa shape index (κ2) is 6.48. The first-order valence-corrected chi connectivity index (χ1v) is 8.49. The van der Waals surface area contributed by atoms with Crippen LogP contribution in [0.5, 0.6) is 0 Å².